The van der Waals surface area contributed by atoms with E-state index in [1.54, 1.807) is 6.20 Å². The molecule has 4 aliphatic heterocycles. The van der Waals surface area contributed by atoms with Crippen LogP contribution in [-0.2, 0) is 10.2 Å². The Bertz CT molecular complexity index is 1260. The minimum Gasteiger partial charge on any atom is -0.489 e. The summed E-state index contributed by atoms with van der Waals surface area (Å²) in [5, 5.41) is 9.86. The van der Waals surface area contributed by atoms with Crippen LogP contribution in [0.4, 0.5) is 5.13 Å². The van der Waals surface area contributed by atoms with Crippen molar-refractivity contribution in [2.45, 2.75) is 70.0 Å². The Morgan fingerprint density at radius 1 is 1.18 bits per heavy atom. The zero-order valence-electron chi connectivity index (χ0n) is 23.1. The lowest BCUT2D eigenvalue weighted by Gasteiger charge is -2.45. The number of rotatable bonds is 3. The van der Waals surface area contributed by atoms with Crippen LogP contribution in [-0.4, -0.2) is 86.3 Å². The molecule has 0 aliphatic carbocycles. The summed E-state index contributed by atoms with van der Waals surface area (Å²) in [6, 6.07) is 0. The number of aliphatic imine (C=N–C) groups is 1. The standard InChI is InChI=1S/C23H26N6O2S.C5H11NO/c1-22(2,3)20-27-21(32-28-20)29-6-4-23(5-7-29)10-15-8-17(31-23)12-26-18(9-15)19-13-24-16(14-30)11-25-19;1-6-3-2-5(7)4-6/h9,11-14H,4-8,10H2,1-3H3;5,7H,2-4H2,1H3. The van der Waals surface area contributed by atoms with Crippen LogP contribution in [0, 0.1) is 0 Å². The number of fused-ring (bicyclic) bond motifs is 2. The Kier molecular flexibility index (Phi) is 7.93. The van der Waals surface area contributed by atoms with Crippen molar-refractivity contribution in [1.82, 2.24) is 24.2 Å². The Balaban J connectivity index is 0.000000384. The highest BCUT2D eigenvalue weighted by Gasteiger charge is 2.42. The number of ether oxygens (including phenoxy) is 1. The van der Waals surface area contributed by atoms with E-state index in [0.29, 0.717) is 17.7 Å². The van der Waals surface area contributed by atoms with Gasteiger partial charge in [0.2, 0.25) is 5.13 Å². The molecule has 0 radical (unpaired) electrons. The van der Waals surface area contributed by atoms with Gasteiger partial charge in [0.05, 0.1) is 30.4 Å². The number of aliphatic hydroxyl groups excluding tert-OH is 1. The summed E-state index contributed by atoms with van der Waals surface area (Å²) >= 11 is 1.49. The number of hydrogen-bond acceptors (Lipinski definition) is 11. The summed E-state index contributed by atoms with van der Waals surface area (Å²) in [7, 11) is 2.02. The van der Waals surface area contributed by atoms with E-state index in [-0.39, 0.29) is 17.1 Å². The topological polar surface area (TPSA) is 117 Å². The number of piperidine rings is 1. The highest BCUT2D eigenvalue weighted by molar-refractivity contribution is 7.09. The number of likely N-dealkylation sites (N-methyl/N-ethyl adjacent to an activating group) is 1. The maximum absolute atomic E-state index is 10.8. The van der Waals surface area contributed by atoms with Gasteiger partial charge in [0, 0.05) is 68.8 Å². The smallest absolute Gasteiger partial charge is 0.205 e. The van der Waals surface area contributed by atoms with Crippen LogP contribution < -0.4 is 4.90 Å². The molecule has 2 aromatic rings. The lowest BCUT2D eigenvalue weighted by Crippen LogP contribution is -2.47. The number of aromatic nitrogens is 4. The zero-order chi connectivity index (χ0) is 27.6. The molecule has 6 rings (SSSR count). The SMILES string of the molecule is CC(C)(C)c1nsc(N2CCC3(CC2)CC2=CC(c4cnc(C=O)cn4)=NC=C(C2)O3)n1.CN1CCC(O)C1. The lowest BCUT2D eigenvalue weighted by molar-refractivity contribution is -0.0346. The minimum atomic E-state index is -0.206. The van der Waals surface area contributed by atoms with Gasteiger partial charge in [-0.15, -0.1) is 0 Å². The van der Waals surface area contributed by atoms with Crippen LogP contribution in [0.1, 0.15) is 74.9 Å². The van der Waals surface area contributed by atoms with Crippen molar-refractivity contribution in [3.05, 3.63) is 53.2 Å². The number of anilines is 1. The van der Waals surface area contributed by atoms with Crippen LogP contribution >= 0.6 is 11.5 Å². The molecule has 208 valence electrons. The highest BCUT2D eigenvalue weighted by atomic mass is 32.1. The largest absolute Gasteiger partial charge is 0.489 e. The number of carbonyl (C=O) groups excluding carboxylic acids is 1. The number of likely N-dealkylation sites (tertiary alicyclic amines) is 1. The maximum atomic E-state index is 10.8. The van der Waals surface area contributed by atoms with Gasteiger partial charge in [-0.3, -0.25) is 14.8 Å². The van der Waals surface area contributed by atoms with Crippen molar-refractivity contribution >= 4 is 28.7 Å². The van der Waals surface area contributed by atoms with Crippen LogP contribution in [0.15, 0.2) is 41.0 Å². The molecule has 1 atom stereocenters. The monoisotopic (exact) mass is 551 g/mol. The first-order chi connectivity index (χ1) is 18.6. The van der Waals surface area contributed by atoms with Gasteiger partial charge in [-0.2, -0.15) is 4.37 Å². The number of aldehydes is 1. The van der Waals surface area contributed by atoms with Gasteiger partial charge in [-0.05, 0) is 19.5 Å². The molecule has 1 unspecified atom stereocenters. The molecule has 11 heteroatoms. The van der Waals surface area contributed by atoms with Gasteiger partial charge < -0.3 is 19.6 Å². The van der Waals surface area contributed by atoms with E-state index >= 15 is 0 Å². The number of allylic oxidation sites excluding steroid dienone is 2. The third kappa shape index (κ3) is 6.59. The first kappa shape index (κ1) is 27.5. The van der Waals surface area contributed by atoms with Crippen molar-refractivity contribution < 1.29 is 14.6 Å². The second-order valence-electron chi connectivity index (χ2n) is 11.8. The highest BCUT2D eigenvalue weighted by Crippen LogP contribution is 2.43. The predicted octanol–water partition coefficient (Wildman–Crippen LogP) is 3.54. The molecule has 3 saturated heterocycles. The quantitative estimate of drug-likeness (QED) is 0.572. The summed E-state index contributed by atoms with van der Waals surface area (Å²) in [6.45, 7) is 10.1. The Labute approximate surface area is 233 Å². The number of β-amino-alcohol motifs (C(OH)–C–C–N with tert-alkyl or cyclic N) is 1. The average molecular weight is 552 g/mol. The molecule has 4 aliphatic rings. The molecule has 6 heterocycles. The number of aliphatic hydroxyl groups is 1. The van der Waals surface area contributed by atoms with E-state index in [1.807, 2.05) is 13.2 Å². The van der Waals surface area contributed by atoms with Gasteiger partial charge in [-0.25, -0.2) is 9.97 Å². The van der Waals surface area contributed by atoms with E-state index in [2.05, 4.69) is 56.0 Å². The van der Waals surface area contributed by atoms with Crippen molar-refractivity contribution in [2.24, 2.45) is 4.99 Å². The summed E-state index contributed by atoms with van der Waals surface area (Å²) in [4.78, 5) is 33.1. The van der Waals surface area contributed by atoms with E-state index in [4.69, 9.17) is 14.8 Å². The fourth-order valence-electron chi connectivity index (χ4n) is 5.21. The normalized spacial score (nSPS) is 22.6. The molecule has 0 amide bonds. The van der Waals surface area contributed by atoms with Crippen LogP contribution in [0.3, 0.4) is 0 Å². The van der Waals surface area contributed by atoms with Crippen molar-refractivity contribution in [1.29, 1.82) is 0 Å². The van der Waals surface area contributed by atoms with Crippen molar-refractivity contribution in [3.63, 3.8) is 0 Å². The molecule has 1 spiro atoms. The van der Waals surface area contributed by atoms with Gasteiger partial charge in [0.15, 0.2) is 6.29 Å². The first-order valence-corrected chi connectivity index (χ1v) is 14.3. The second kappa shape index (κ2) is 11.2. The van der Waals surface area contributed by atoms with Gasteiger partial charge in [-0.1, -0.05) is 26.3 Å². The zero-order valence-corrected chi connectivity index (χ0v) is 23.9. The fourth-order valence-corrected chi connectivity index (χ4v) is 6.12. The molecule has 3 fully saturated rings. The van der Waals surface area contributed by atoms with E-state index in [1.165, 1.54) is 23.3 Å². The number of nitrogens with zero attached hydrogens (tertiary/aromatic N) is 7. The number of hydrogen-bond donors (Lipinski definition) is 1. The average Bonchev–Trinajstić information content (AvgIpc) is 3.52. The predicted molar refractivity (Wildman–Crippen MR) is 151 cm³/mol. The van der Waals surface area contributed by atoms with Crippen LogP contribution in [0.25, 0.3) is 0 Å². The maximum Gasteiger partial charge on any atom is 0.205 e. The van der Waals surface area contributed by atoms with Gasteiger partial charge in [0.25, 0.3) is 0 Å². The summed E-state index contributed by atoms with van der Waals surface area (Å²) < 4.78 is 11.1. The molecule has 39 heavy (non-hydrogen) atoms. The lowest BCUT2D eigenvalue weighted by atomic mass is 9.81. The number of carbonyl (C=O) groups is 1. The molecular formula is C28H37N7O3S. The van der Waals surface area contributed by atoms with E-state index < -0.39 is 0 Å². The molecule has 2 bridgehead atoms. The van der Waals surface area contributed by atoms with Crippen molar-refractivity contribution in [3.8, 4) is 0 Å². The summed E-state index contributed by atoms with van der Waals surface area (Å²) in [5.74, 6) is 1.80. The molecule has 0 saturated carbocycles. The Morgan fingerprint density at radius 3 is 2.54 bits per heavy atom. The molecular weight excluding hydrogens is 514 g/mol. The van der Waals surface area contributed by atoms with Crippen LogP contribution in [0.2, 0.25) is 0 Å². The second-order valence-corrected chi connectivity index (χ2v) is 12.6. The molecule has 1 N–H and O–H groups in total. The minimum absolute atomic E-state index is 0.0392. The molecule has 10 nitrogen and oxygen atoms in total. The molecule has 2 aromatic heterocycles. The fraction of sp³-hybridized carbons (Fsp3) is 0.571. The Hall–Kier alpha value is -3.02. The van der Waals surface area contributed by atoms with E-state index in [0.717, 1.165) is 80.7 Å². The van der Waals surface area contributed by atoms with Crippen LogP contribution in [0.5, 0.6) is 0 Å². The van der Waals surface area contributed by atoms with Gasteiger partial charge >= 0.3 is 0 Å². The Morgan fingerprint density at radius 2 is 1.97 bits per heavy atom. The first-order valence-electron chi connectivity index (χ1n) is 13.5. The van der Waals surface area contributed by atoms with Crippen molar-refractivity contribution in [2.75, 3.05) is 38.1 Å². The van der Waals surface area contributed by atoms with Gasteiger partial charge in [0.1, 0.15) is 28.6 Å². The third-order valence-corrected chi connectivity index (χ3v) is 8.22. The summed E-state index contributed by atoms with van der Waals surface area (Å²) in [6.07, 6.45) is 12.1. The molecule has 0 aromatic carbocycles. The third-order valence-electron chi connectivity index (χ3n) is 7.44. The summed E-state index contributed by atoms with van der Waals surface area (Å²) in [5.41, 5.74) is 2.76. The van der Waals surface area contributed by atoms with E-state index in [9.17, 15) is 4.79 Å².